The van der Waals surface area contributed by atoms with E-state index >= 15 is 0 Å². The van der Waals surface area contributed by atoms with Crippen molar-refractivity contribution in [2.24, 2.45) is 5.73 Å². The molecule has 0 amide bonds. The largest absolute Gasteiger partial charge is 0.459 e. The first kappa shape index (κ1) is 29.9. The third-order valence-corrected chi connectivity index (χ3v) is 5.04. The van der Waals surface area contributed by atoms with E-state index in [4.69, 9.17) is 15.2 Å². The van der Waals surface area contributed by atoms with Crippen LogP contribution in [-0.2, 0) is 14.3 Å². The van der Waals surface area contributed by atoms with Crippen LogP contribution in [0.15, 0.2) is 0 Å². The molecule has 0 rings (SSSR count). The minimum Gasteiger partial charge on any atom is -0.459 e. The minimum absolute atomic E-state index is 0. The first-order valence-corrected chi connectivity index (χ1v) is 11.7. The number of esters is 1. The summed E-state index contributed by atoms with van der Waals surface area (Å²) in [7, 11) is 0. The molecule has 1 unspecified atom stereocenters. The van der Waals surface area contributed by atoms with E-state index < -0.39 is 0 Å². The van der Waals surface area contributed by atoms with Crippen LogP contribution >= 0.6 is 12.4 Å². The molecule has 0 aromatic heterocycles. The quantitative estimate of drug-likeness (QED) is 0.168. The fourth-order valence-corrected chi connectivity index (χ4v) is 3.35. The lowest BCUT2D eigenvalue weighted by atomic mass is 10.0. The van der Waals surface area contributed by atoms with Crippen molar-refractivity contribution in [2.75, 3.05) is 19.8 Å². The smallest absolute Gasteiger partial charge is 0.303 e. The van der Waals surface area contributed by atoms with Gasteiger partial charge in [-0.25, -0.2) is 0 Å². The molecule has 0 aliphatic rings. The lowest BCUT2D eigenvalue weighted by Gasteiger charge is -2.14. The van der Waals surface area contributed by atoms with Crippen LogP contribution in [0.3, 0.4) is 0 Å². The number of rotatable bonds is 21. The Morgan fingerprint density at radius 3 is 1.50 bits per heavy atom. The Hall–Kier alpha value is -0.320. The van der Waals surface area contributed by atoms with Crippen LogP contribution in [0.5, 0.6) is 0 Å². The highest BCUT2D eigenvalue weighted by atomic mass is 35.5. The molecule has 0 radical (unpaired) electrons. The molecule has 5 heteroatoms. The summed E-state index contributed by atoms with van der Waals surface area (Å²) in [6.45, 7) is 5.14. The lowest BCUT2D eigenvalue weighted by molar-refractivity contribution is -0.148. The maximum atomic E-state index is 10.9. The third kappa shape index (κ3) is 23.7. The third-order valence-electron chi connectivity index (χ3n) is 5.04. The van der Waals surface area contributed by atoms with Crippen LogP contribution in [0, 0.1) is 0 Å². The highest BCUT2D eigenvalue weighted by molar-refractivity contribution is 5.85. The first-order valence-electron chi connectivity index (χ1n) is 11.7. The van der Waals surface area contributed by atoms with Crippen molar-refractivity contribution >= 4 is 18.4 Å². The van der Waals surface area contributed by atoms with Gasteiger partial charge in [0.15, 0.2) is 0 Å². The van der Waals surface area contributed by atoms with Gasteiger partial charge in [0.2, 0.25) is 0 Å². The van der Waals surface area contributed by atoms with Crippen molar-refractivity contribution < 1.29 is 14.3 Å². The molecule has 1 atom stereocenters. The molecule has 0 fully saturated rings. The Labute approximate surface area is 181 Å². The van der Waals surface area contributed by atoms with Gasteiger partial charge in [0, 0.05) is 20.1 Å². The Kier molecular flexibility index (Phi) is 26.4. The van der Waals surface area contributed by atoms with Crippen LogP contribution in [0.4, 0.5) is 0 Å². The van der Waals surface area contributed by atoms with Gasteiger partial charge >= 0.3 is 5.97 Å². The molecule has 0 saturated carbocycles. The van der Waals surface area contributed by atoms with Crippen molar-refractivity contribution in [3.8, 4) is 0 Å². The topological polar surface area (TPSA) is 61.6 Å². The Bertz CT molecular complexity index is 316. The monoisotopic (exact) mass is 421 g/mol. The summed E-state index contributed by atoms with van der Waals surface area (Å²) in [5, 5.41) is 0. The number of hydrogen-bond acceptors (Lipinski definition) is 4. The predicted molar refractivity (Wildman–Crippen MR) is 122 cm³/mol. The van der Waals surface area contributed by atoms with E-state index in [1.807, 2.05) is 0 Å². The van der Waals surface area contributed by atoms with Crippen LogP contribution in [0.25, 0.3) is 0 Å². The Balaban J connectivity index is 0. The molecular formula is C23H48ClNO3. The van der Waals surface area contributed by atoms with E-state index in [0.717, 1.165) is 13.0 Å². The number of unbranched alkanes of at least 4 members (excludes halogenated alkanes) is 15. The number of carbonyl (C=O) groups excluding carboxylic acids is 1. The van der Waals surface area contributed by atoms with E-state index in [0.29, 0.717) is 13.2 Å². The van der Waals surface area contributed by atoms with Gasteiger partial charge in [-0.3, -0.25) is 4.79 Å². The van der Waals surface area contributed by atoms with Crippen molar-refractivity contribution in [3.05, 3.63) is 0 Å². The summed E-state index contributed by atoms with van der Waals surface area (Å²) in [6, 6.07) is 0. The van der Waals surface area contributed by atoms with Gasteiger partial charge in [0.25, 0.3) is 0 Å². The van der Waals surface area contributed by atoms with E-state index in [1.54, 1.807) is 0 Å². The number of hydrogen-bond donors (Lipinski definition) is 1. The standard InChI is InChI=1S/C23H47NO3.ClH/c1-3-4-5-6-7-8-9-10-11-12-13-14-15-16-17-18-19-26-21-23(20-24)27-22(2)25;/h23H,3-21,24H2,1-2H3;1H. The molecule has 0 spiro atoms. The van der Waals surface area contributed by atoms with Gasteiger partial charge < -0.3 is 15.2 Å². The second kappa shape index (κ2) is 24.7. The predicted octanol–water partition coefficient (Wildman–Crippen LogP) is 6.58. The zero-order valence-electron chi connectivity index (χ0n) is 18.7. The van der Waals surface area contributed by atoms with E-state index in [1.165, 1.54) is 103 Å². The molecule has 170 valence electrons. The van der Waals surface area contributed by atoms with Gasteiger partial charge in [-0.2, -0.15) is 0 Å². The first-order chi connectivity index (χ1) is 13.2. The molecular weight excluding hydrogens is 374 g/mol. The molecule has 4 nitrogen and oxygen atoms in total. The summed E-state index contributed by atoms with van der Waals surface area (Å²) >= 11 is 0. The highest BCUT2D eigenvalue weighted by Crippen LogP contribution is 2.13. The number of carbonyl (C=O) groups is 1. The molecule has 0 saturated heterocycles. The number of nitrogens with two attached hydrogens (primary N) is 1. The van der Waals surface area contributed by atoms with Crippen molar-refractivity contribution in [3.63, 3.8) is 0 Å². The molecule has 0 aliphatic carbocycles. The molecule has 0 aromatic rings. The summed E-state index contributed by atoms with van der Waals surface area (Å²) < 4.78 is 10.6. The van der Waals surface area contributed by atoms with Crippen molar-refractivity contribution in [1.82, 2.24) is 0 Å². The van der Waals surface area contributed by atoms with Crippen molar-refractivity contribution in [2.45, 2.75) is 123 Å². The molecule has 0 heterocycles. The summed E-state index contributed by atoms with van der Waals surface area (Å²) in [4.78, 5) is 10.9. The highest BCUT2D eigenvalue weighted by Gasteiger charge is 2.09. The summed E-state index contributed by atoms with van der Waals surface area (Å²) in [5.41, 5.74) is 5.54. The van der Waals surface area contributed by atoms with Gasteiger partial charge in [0.1, 0.15) is 6.10 Å². The normalized spacial score (nSPS) is 11.8. The molecule has 28 heavy (non-hydrogen) atoms. The molecule has 0 aliphatic heterocycles. The van der Waals surface area contributed by atoms with Crippen LogP contribution in [0.2, 0.25) is 0 Å². The molecule has 0 aromatic carbocycles. The number of halogens is 1. The second-order valence-corrected chi connectivity index (χ2v) is 7.85. The Morgan fingerprint density at radius 1 is 0.750 bits per heavy atom. The van der Waals surface area contributed by atoms with Crippen LogP contribution < -0.4 is 5.73 Å². The summed E-state index contributed by atoms with van der Waals surface area (Å²) in [6.07, 6.45) is 21.6. The molecule has 0 bridgehead atoms. The Morgan fingerprint density at radius 2 is 1.14 bits per heavy atom. The minimum atomic E-state index is -0.302. The zero-order chi connectivity index (χ0) is 20.0. The fraction of sp³-hybridized carbons (Fsp3) is 0.957. The zero-order valence-corrected chi connectivity index (χ0v) is 19.5. The summed E-state index contributed by atoms with van der Waals surface area (Å²) in [5.74, 6) is -0.295. The van der Waals surface area contributed by atoms with Crippen molar-refractivity contribution in [1.29, 1.82) is 0 Å². The number of ether oxygens (including phenoxy) is 2. The van der Waals surface area contributed by atoms with Gasteiger partial charge in [-0.05, 0) is 6.42 Å². The van der Waals surface area contributed by atoms with Gasteiger partial charge in [-0.1, -0.05) is 103 Å². The second-order valence-electron chi connectivity index (χ2n) is 7.85. The average molecular weight is 422 g/mol. The SMILES string of the molecule is CCCCCCCCCCCCCCCCCCOCC(CN)OC(C)=O.Cl. The van der Waals surface area contributed by atoms with E-state index in [9.17, 15) is 4.79 Å². The maximum Gasteiger partial charge on any atom is 0.303 e. The fourth-order valence-electron chi connectivity index (χ4n) is 3.35. The van der Waals surface area contributed by atoms with Gasteiger partial charge in [-0.15, -0.1) is 12.4 Å². The van der Waals surface area contributed by atoms with Gasteiger partial charge in [0.05, 0.1) is 6.61 Å². The average Bonchev–Trinajstić information content (AvgIpc) is 2.65. The van der Waals surface area contributed by atoms with Crippen LogP contribution in [-0.4, -0.2) is 31.8 Å². The molecule has 2 N–H and O–H groups in total. The maximum absolute atomic E-state index is 10.9. The van der Waals surface area contributed by atoms with E-state index in [2.05, 4.69) is 6.92 Å². The lowest BCUT2D eigenvalue weighted by Crippen LogP contribution is -2.30. The van der Waals surface area contributed by atoms with Crippen LogP contribution in [0.1, 0.15) is 117 Å². The van der Waals surface area contributed by atoms with E-state index in [-0.39, 0.29) is 24.5 Å².